The zero-order valence-electron chi connectivity index (χ0n) is 16.0. The van der Waals surface area contributed by atoms with Gasteiger partial charge < -0.3 is 5.73 Å². The number of nitriles is 1. The van der Waals surface area contributed by atoms with Gasteiger partial charge >= 0.3 is 0 Å². The summed E-state index contributed by atoms with van der Waals surface area (Å²) in [6, 6.07) is 19.1. The zero-order chi connectivity index (χ0) is 21.8. The highest BCUT2D eigenvalue weighted by molar-refractivity contribution is 7.98. The minimum Gasteiger partial charge on any atom is -0.392 e. The number of halogens is 1. The lowest BCUT2D eigenvalue weighted by Gasteiger charge is -2.12. The van der Waals surface area contributed by atoms with Crippen LogP contribution in [0.1, 0.15) is 11.3 Å². The van der Waals surface area contributed by atoms with Crippen LogP contribution in [0.3, 0.4) is 0 Å². The molecule has 31 heavy (non-hydrogen) atoms. The Morgan fingerprint density at radius 3 is 2.52 bits per heavy atom. The molecule has 0 aliphatic heterocycles. The van der Waals surface area contributed by atoms with E-state index in [0.717, 1.165) is 21.8 Å². The fourth-order valence-corrected chi connectivity index (χ4v) is 4.96. The summed E-state index contributed by atoms with van der Waals surface area (Å²) in [5, 5.41) is 13.9. The van der Waals surface area contributed by atoms with E-state index in [1.165, 1.54) is 11.8 Å². The second kappa shape index (κ2) is 9.20. The van der Waals surface area contributed by atoms with E-state index in [1.54, 1.807) is 11.3 Å². The normalized spacial score (nSPS) is 10.4. The number of pyridine rings is 1. The van der Waals surface area contributed by atoms with Crippen molar-refractivity contribution in [2.24, 2.45) is 0 Å². The number of anilines is 1. The Morgan fingerprint density at radius 2 is 1.84 bits per heavy atom. The van der Waals surface area contributed by atoms with E-state index in [4.69, 9.17) is 23.9 Å². The molecule has 4 aromatic rings. The fourth-order valence-electron chi connectivity index (χ4n) is 3.02. The van der Waals surface area contributed by atoms with Gasteiger partial charge in [-0.25, -0.2) is 14.8 Å². The lowest BCUT2D eigenvalue weighted by atomic mass is 10.00. The lowest BCUT2D eigenvalue weighted by Crippen LogP contribution is -1.99. The molecule has 0 fully saturated rings. The van der Waals surface area contributed by atoms with E-state index in [-0.39, 0.29) is 11.5 Å². The average Bonchev–Trinajstić information content (AvgIpc) is 3.27. The highest BCUT2D eigenvalue weighted by Crippen LogP contribution is 2.41. The molecule has 2 heterocycles. The molecule has 2 aromatic heterocycles. The number of hydrogen-bond donors (Lipinski definition) is 1. The summed E-state index contributed by atoms with van der Waals surface area (Å²) in [6.07, 6.45) is 0. The molecule has 0 spiro atoms. The molecular formula is C23H14ClN5S2. The van der Waals surface area contributed by atoms with Crippen molar-refractivity contribution in [3.63, 3.8) is 0 Å². The number of nitrogen functional groups attached to an aromatic ring is 1. The molecule has 2 N–H and O–H groups in total. The molecule has 150 valence electrons. The number of benzene rings is 2. The Balaban J connectivity index is 1.65. The van der Waals surface area contributed by atoms with Crippen LogP contribution in [0.5, 0.6) is 0 Å². The number of rotatable bonds is 5. The topological polar surface area (TPSA) is 79.9 Å². The van der Waals surface area contributed by atoms with Crippen LogP contribution in [0.15, 0.2) is 65.0 Å². The van der Waals surface area contributed by atoms with Gasteiger partial charge in [-0.2, -0.15) is 5.26 Å². The van der Waals surface area contributed by atoms with Crippen molar-refractivity contribution in [1.82, 2.24) is 9.97 Å². The minimum atomic E-state index is 0.121. The number of nitrogens with two attached hydrogens (primary N) is 1. The molecule has 0 amide bonds. The molecule has 5 nitrogen and oxygen atoms in total. The molecule has 2 aromatic carbocycles. The SMILES string of the molecule is [C-]#[N+]c1c(N)nc(SCc2csc(-c3ccc(Cl)cc3)n2)c(C#N)c1-c1ccccc1. The third-order valence-corrected chi connectivity index (χ3v) is 6.65. The third kappa shape index (κ3) is 4.40. The van der Waals surface area contributed by atoms with E-state index in [2.05, 4.69) is 20.9 Å². The largest absolute Gasteiger partial charge is 0.392 e. The molecule has 0 bridgehead atoms. The predicted octanol–water partition coefficient (Wildman–Crippen LogP) is 6.82. The van der Waals surface area contributed by atoms with Crippen molar-refractivity contribution in [2.75, 3.05) is 5.73 Å². The number of thioether (sulfide) groups is 1. The number of aromatic nitrogens is 2. The Hall–Kier alpha value is -3.36. The van der Waals surface area contributed by atoms with Crippen LogP contribution >= 0.6 is 34.7 Å². The van der Waals surface area contributed by atoms with Gasteiger partial charge in [0.05, 0.1) is 17.8 Å². The van der Waals surface area contributed by atoms with Gasteiger partial charge in [0, 0.05) is 27.3 Å². The number of nitrogens with zero attached hydrogens (tertiary/aromatic N) is 4. The Morgan fingerprint density at radius 1 is 1.10 bits per heavy atom. The molecular weight excluding hydrogens is 446 g/mol. The van der Waals surface area contributed by atoms with Crippen molar-refractivity contribution < 1.29 is 0 Å². The maximum atomic E-state index is 9.87. The minimum absolute atomic E-state index is 0.121. The highest BCUT2D eigenvalue weighted by atomic mass is 35.5. The van der Waals surface area contributed by atoms with Gasteiger partial charge in [0.2, 0.25) is 5.69 Å². The Bertz CT molecular complexity index is 1320. The van der Waals surface area contributed by atoms with E-state index in [0.29, 0.717) is 26.9 Å². The van der Waals surface area contributed by atoms with Crippen LogP contribution in [-0.2, 0) is 5.75 Å². The van der Waals surface area contributed by atoms with Gasteiger partial charge in [-0.15, -0.1) is 11.3 Å². The van der Waals surface area contributed by atoms with Crippen molar-refractivity contribution in [1.29, 1.82) is 5.26 Å². The third-order valence-electron chi connectivity index (χ3n) is 4.45. The Kier molecular flexibility index (Phi) is 6.20. The number of hydrogen-bond acceptors (Lipinski definition) is 6. The van der Waals surface area contributed by atoms with Gasteiger partial charge in [-0.1, -0.05) is 65.8 Å². The van der Waals surface area contributed by atoms with E-state index >= 15 is 0 Å². The summed E-state index contributed by atoms with van der Waals surface area (Å²) in [7, 11) is 0. The summed E-state index contributed by atoms with van der Waals surface area (Å²) < 4.78 is 0. The molecule has 0 saturated heterocycles. The molecule has 0 aliphatic carbocycles. The first-order valence-corrected chi connectivity index (χ1v) is 11.3. The Labute approximate surface area is 193 Å². The molecule has 8 heteroatoms. The predicted molar refractivity (Wildman–Crippen MR) is 127 cm³/mol. The summed E-state index contributed by atoms with van der Waals surface area (Å²) in [5.74, 6) is 0.645. The van der Waals surface area contributed by atoms with Gasteiger partial charge in [0.1, 0.15) is 21.9 Å². The molecule has 0 saturated carbocycles. The molecule has 4 rings (SSSR count). The first-order valence-electron chi connectivity index (χ1n) is 9.10. The first-order chi connectivity index (χ1) is 15.1. The van der Waals surface area contributed by atoms with Crippen LogP contribution in [0, 0.1) is 17.9 Å². The van der Waals surface area contributed by atoms with Gasteiger partial charge in [-0.05, 0) is 17.7 Å². The van der Waals surface area contributed by atoms with Crippen molar-refractivity contribution >= 4 is 46.2 Å². The zero-order valence-corrected chi connectivity index (χ0v) is 18.4. The summed E-state index contributed by atoms with van der Waals surface area (Å²) >= 11 is 8.89. The average molecular weight is 460 g/mol. The van der Waals surface area contributed by atoms with E-state index < -0.39 is 0 Å². The molecule has 0 atom stereocenters. The van der Waals surface area contributed by atoms with Gasteiger partial charge in [0.15, 0.2) is 0 Å². The van der Waals surface area contributed by atoms with Crippen LogP contribution in [0.25, 0.3) is 26.5 Å². The maximum Gasteiger partial charge on any atom is 0.236 e. The summed E-state index contributed by atoms with van der Waals surface area (Å²) in [6.45, 7) is 7.52. The summed E-state index contributed by atoms with van der Waals surface area (Å²) in [4.78, 5) is 12.6. The molecule has 0 aliphatic rings. The first kappa shape index (κ1) is 20.9. The molecule has 0 radical (unpaired) electrons. The van der Waals surface area contributed by atoms with E-state index in [9.17, 15) is 5.26 Å². The van der Waals surface area contributed by atoms with Crippen LogP contribution < -0.4 is 5.73 Å². The quantitative estimate of drug-likeness (QED) is 0.261. The maximum absolute atomic E-state index is 9.87. The number of thiazole rings is 1. The van der Waals surface area contributed by atoms with Crippen LogP contribution in [-0.4, -0.2) is 9.97 Å². The van der Waals surface area contributed by atoms with Crippen molar-refractivity contribution in [3.8, 4) is 27.8 Å². The van der Waals surface area contributed by atoms with Crippen LogP contribution in [0.4, 0.5) is 11.5 Å². The van der Waals surface area contributed by atoms with Crippen molar-refractivity contribution in [2.45, 2.75) is 10.8 Å². The molecule has 0 unspecified atom stereocenters. The summed E-state index contributed by atoms with van der Waals surface area (Å²) in [5.41, 5.74) is 9.79. The lowest BCUT2D eigenvalue weighted by molar-refractivity contribution is 1.12. The van der Waals surface area contributed by atoms with E-state index in [1.807, 2.05) is 60.0 Å². The highest BCUT2D eigenvalue weighted by Gasteiger charge is 2.20. The van der Waals surface area contributed by atoms with Crippen molar-refractivity contribution in [3.05, 3.63) is 87.7 Å². The monoisotopic (exact) mass is 459 g/mol. The van der Waals surface area contributed by atoms with Crippen LogP contribution in [0.2, 0.25) is 5.02 Å². The van der Waals surface area contributed by atoms with Gasteiger partial charge in [-0.3, -0.25) is 0 Å². The van der Waals surface area contributed by atoms with Gasteiger partial charge in [0.25, 0.3) is 0 Å². The second-order valence-electron chi connectivity index (χ2n) is 6.43. The second-order valence-corrected chi connectivity index (χ2v) is 8.69. The standard InChI is InChI=1S/C23H14ClN5S2/c1-27-20-19(14-5-3-2-4-6-14)18(11-25)23(29-21(20)26)31-13-17-12-30-22(28-17)15-7-9-16(24)10-8-15/h2-10,12H,13H2,(H2,26,29). The smallest absolute Gasteiger partial charge is 0.236 e. The fraction of sp³-hybridized carbons (Fsp3) is 0.0435.